The molecule has 0 amide bonds. The van der Waals surface area contributed by atoms with Crippen molar-refractivity contribution in [3.63, 3.8) is 0 Å². The summed E-state index contributed by atoms with van der Waals surface area (Å²) in [6.07, 6.45) is 1.26. The minimum absolute atomic E-state index is 0.171. The summed E-state index contributed by atoms with van der Waals surface area (Å²) in [5.41, 5.74) is 2.60. The number of esters is 1. The minimum atomic E-state index is -0.732. The number of carbonyl (C=O) groups excluding carboxylic acids is 1. The number of hydrogen-bond acceptors (Lipinski definition) is 4. The minimum Gasteiger partial charge on any atom is -0.462 e. The van der Waals surface area contributed by atoms with E-state index >= 15 is 0 Å². The van der Waals surface area contributed by atoms with Gasteiger partial charge in [-0.15, -0.1) is 0 Å². The second-order valence-electron chi connectivity index (χ2n) is 4.97. The monoisotopic (exact) mass is 296 g/mol. The number of hydrogen-bond donors (Lipinski definition) is 1. The molecular formula is C17H16N2O3. The van der Waals surface area contributed by atoms with E-state index in [-0.39, 0.29) is 23.3 Å². The maximum atomic E-state index is 12.1. The summed E-state index contributed by atoms with van der Waals surface area (Å²) >= 11 is 0. The van der Waals surface area contributed by atoms with E-state index in [0.29, 0.717) is 0 Å². The van der Waals surface area contributed by atoms with Gasteiger partial charge in [-0.05, 0) is 61.6 Å². The van der Waals surface area contributed by atoms with Crippen LogP contribution in [0.25, 0.3) is 17.0 Å². The number of pyridine rings is 1. The van der Waals surface area contributed by atoms with Crippen molar-refractivity contribution < 1.29 is 9.53 Å². The van der Waals surface area contributed by atoms with Gasteiger partial charge in [0, 0.05) is 11.1 Å². The van der Waals surface area contributed by atoms with Gasteiger partial charge in [-0.2, -0.15) is 5.26 Å². The molecule has 0 bridgehead atoms. The lowest BCUT2D eigenvalue weighted by molar-refractivity contribution is -0.137. The van der Waals surface area contributed by atoms with Crippen LogP contribution < -0.4 is 5.56 Å². The average Bonchev–Trinajstić information content (AvgIpc) is 2.47. The highest BCUT2D eigenvalue weighted by molar-refractivity contribution is 5.98. The van der Waals surface area contributed by atoms with Crippen molar-refractivity contribution in [1.29, 1.82) is 5.26 Å². The zero-order valence-electron chi connectivity index (χ0n) is 12.7. The molecule has 2 aromatic rings. The summed E-state index contributed by atoms with van der Waals surface area (Å²) in [6, 6.07) is 7.28. The molecule has 22 heavy (non-hydrogen) atoms. The second kappa shape index (κ2) is 6.27. The second-order valence-corrected chi connectivity index (χ2v) is 4.97. The Bertz CT molecular complexity index is 870. The fraction of sp³-hybridized carbons (Fsp3) is 0.235. The van der Waals surface area contributed by atoms with Crippen LogP contribution in [0.1, 0.15) is 23.6 Å². The fourth-order valence-corrected chi connectivity index (χ4v) is 2.10. The zero-order valence-corrected chi connectivity index (χ0v) is 12.7. The number of H-pyrrole nitrogens is 1. The zero-order chi connectivity index (χ0) is 16.3. The van der Waals surface area contributed by atoms with Crippen LogP contribution in [0.3, 0.4) is 0 Å². The first-order valence-electron chi connectivity index (χ1n) is 6.89. The molecule has 0 fully saturated rings. The van der Waals surface area contributed by atoms with Gasteiger partial charge < -0.3 is 9.72 Å². The maximum absolute atomic E-state index is 12.1. The topological polar surface area (TPSA) is 82.9 Å². The van der Waals surface area contributed by atoms with Crippen LogP contribution >= 0.6 is 0 Å². The van der Waals surface area contributed by atoms with Crippen LogP contribution in [0.4, 0.5) is 0 Å². The maximum Gasteiger partial charge on any atom is 0.348 e. The summed E-state index contributed by atoms with van der Waals surface area (Å²) in [7, 11) is 0. The molecule has 5 heteroatoms. The van der Waals surface area contributed by atoms with Gasteiger partial charge in [0.2, 0.25) is 0 Å². The van der Waals surface area contributed by atoms with E-state index in [1.54, 1.807) is 19.1 Å². The third kappa shape index (κ3) is 3.07. The van der Waals surface area contributed by atoms with Gasteiger partial charge in [0.15, 0.2) is 0 Å². The van der Waals surface area contributed by atoms with Crippen LogP contribution in [-0.2, 0) is 9.53 Å². The number of ether oxygens (including phenoxy) is 1. The number of fused-ring (bicyclic) bond motifs is 1. The van der Waals surface area contributed by atoms with Gasteiger partial charge in [0.05, 0.1) is 6.61 Å². The van der Waals surface area contributed by atoms with Crippen molar-refractivity contribution in [2.75, 3.05) is 6.61 Å². The number of aryl methyl sites for hydroxylation is 2. The highest BCUT2D eigenvalue weighted by Gasteiger charge is 2.11. The fourth-order valence-electron chi connectivity index (χ4n) is 2.10. The van der Waals surface area contributed by atoms with Crippen LogP contribution in [0.2, 0.25) is 0 Å². The van der Waals surface area contributed by atoms with E-state index < -0.39 is 5.97 Å². The number of rotatable bonds is 3. The molecule has 1 heterocycles. The molecule has 0 atom stereocenters. The van der Waals surface area contributed by atoms with Crippen molar-refractivity contribution in [3.8, 4) is 6.07 Å². The predicted molar refractivity (Wildman–Crippen MR) is 84.3 cm³/mol. The normalized spacial score (nSPS) is 11.3. The number of nitriles is 1. The third-order valence-electron chi connectivity index (χ3n) is 3.40. The SMILES string of the molecule is CCOC(=O)/C(C#N)=C\c1cc2cc(C)c(C)cc2[nH]c1=O. The summed E-state index contributed by atoms with van der Waals surface area (Å²) in [4.78, 5) is 26.5. The summed E-state index contributed by atoms with van der Waals surface area (Å²) in [5.74, 6) is -0.732. The van der Waals surface area contributed by atoms with Crippen molar-refractivity contribution in [1.82, 2.24) is 4.98 Å². The molecule has 2 rings (SSSR count). The number of aromatic amines is 1. The van der Waals surface area contributed by atoms with Gasteiger partial charge in [0.1, 0.15) is 11.6 Å². The molecule has 0 unspecified atom stereocenters. The van der Waals surface area contributed by atoms with Gasteiger partial charge >= 0.3 is 5.97 Å². The Morgan fingerprint density at radius 3 is 2.64 bits per heavy atom. The lowest BCUT2D eigenvalue weighted by atomic mass is 10.0. The van der Waals surface area contributed by atoms with Gasteiger partial charge in [-0.3, -0.25) is 4.79 Å². The van der Waals surface area contributed by atoms with Crippen molar-refractivity contribution >= 4 is 22.9 Å². The van der Waals surface area contributed by atoms with E-state index in [2.05, 4.69) is 4.98 Å². The van der Waals surface area contributed by atoms with E-state index in [1.165, 1.54) is 6.08 Å². The molecule has 0 saturated heterocycles. The molecular weight excluding hydrogens is 280 g/mol. The lowest BCUT2D eigenvalue weighted by Crippen LogP contribution is -2.12. The Morgan fingerprint density at radius 1 is 1.32 bits per heavy atom. The standard InChI is InChI=1S/C17H16N2O3/c1-4-22-17(21)14(9-18)8-13-7-12-5-10(2)11(3)6-15(12)19-16(13)20/h5-8H,4H2,1-3H3,(H,19,20)/b14-8-. The molecule has 0 spiro atoms. The molecule has 0 aliphatic rings. The van der Waals surface area contributed by atoms with E-state index in [0.717, 1.165) is 22.0 Å². The van der Waals surface area contributed by atoms with Gasteiger partial charge in [-0.25, -0.2) is 4.79 Å². The lowest BCUT2D eigenvalue weighted by Gasteiger charge is -2.05. The highest BCUT2D eigenvalue weighted by Crippen LogP contribution is 2.18. The largest absolute Gasteiger partial charge is 0.462 e. The molecule has 112 valence electrons. The Morgan fingerprint density at radius 2 is 2.00 bits per heavy atom. The quantitative estimate of drug-likeness (QED) is 0.536. The Kier molecular flexibility index (Phi) is 4.42. The summed E-state index contributed by atoms with van der Waals surface area (Å²) < 4.78 is 4.79. The number of carbonyl (C=O) groups is 1. The number of nitrogens with one attached hydrogen (secondary N) is 1. The van der Waals surface area contributed by atoms with Gasteiger partial charge in [-0.1, -0.05) is 0 Å². The molecule has 1 aromatic carbocycles. The number of aromatic nitrogens is 1. The average molecular weight is 296 g/mol. The first-order valence-corrected chi connectivity index (χ1v) is 6.89. The predicted octanol–water partition coefficient (Wildman–Crippen LogP) is 2.62. The van der Waals surface area contributed by atoms with E-state index in [4.69, 9.17) is 10.00 Å². The van der Waals surface area contributed by atoms with Crippen LogP contribution in [0.5, 0.6) is 0 Å². The summed E-state index contributed by atoms with van der Waals surface area (Å²) in [6.45, 7) is 5.77. The Balaban J connectivity index is 2.59. The van der Waals surface area contributed by atoms with Crippen molar-refractivity contribution in [2.24, 2.45) is 0 Å². The first-order chi connectivity index (χ1) is 10.5. The van der Waals surface area contributed by atoms with Crippen molar-refractivity contribution in [2.45, 2.75) is 20.8 Å². The number of benzene rings is 1. The van der Waals surface area contributed by atoms with E-state index in [9.17, 15) is 9.59 Å². The first kappa shape index (κ1) is 15.5. The van der Waals surface area contributed by atoms with Crippen molar-refractivity contribution in [3.05, 3.63) is 50.8 Å². The van der Waals surface area contributed by atoms with Crippen LogP contribution in [-0.4, -0.2) is 17.6 Å². The molecule has 0 saturated carbocycles. The smallest absolute Gasteiger partial charge is 0.348 e. The molecule has 5 nitrogen and oxygen atoms in total. The Hall–Kier alpha value is -2.87. The van der Waals surface area contributed by atoms with Crippen LogP contribution in [0, 0.1) is 25.2 Å². The highest BCUT2D eigenvalue weighted by atomic mass is 16.5. The third-order valence-corrected chi connectivity index (χ3v) is 3.40. The molecule has 0 aliphatic carbocycles. The molecule has 1 N–H and O–H groups in total. The summed E-state index contributed by atoms with van der Waals surface area (Å²) in [5, 5.41) is 9.88. The van der Waals surface area contributed by atoms with Crippen LogP contribution in [0.15, 0.2) is 28.6 Å². The Labute approximate surface area is 127 Å². The van der Waals surface area contributed by atoms with E-state index in [1.807, 2.05) is 26.0 Å². The number of nitrogens with zero attached hydrogens (tertiary/aromatic N) is 1. The van der Waals surface area contributed by atoms with Gasteiger partial charge in [0.25, 0.3) is 5.56 Å². The molecule has 0 radical (unpaired) electrons. The molecule has 0 aliphatic heterocycles. The molecule has 1 aromatic heterocycles.